The first-order chi connectivity index (χ1) is 8.75. The maximum atomic E-state index is 11.8. The Kier molecular flexibility index (Phi) is 7.65. The van der Waals surface area contributed by atoms with Crippen LogP contribution >= 0.6 is 15.9 Å². The quantitative estimate of drug-likeness (QED) is 0.739. The molecule has 1 amide bonds. The zero-order chi connectivity index (χ0) is 13.2. The Morgan fingerprint density at radius 1 is 1.28 bits per heavy atom. The van der Waals surface area contributed by atoms with Crippen LogP contribution in [0.5, 0.6) is 0 Å². The highest BCUT2D eigenvalue weighted by Crippen LogP contribution is 2.12. The predicted molar refractivity (Wildman–Crippen MR) is 77.6 cm³/mol. The van der Waals surface area contributed by atoms with Crippen LogP contribution in [0, 0.1) is 0 Å². The molecule has 0 unspecified atom stereocenters. The summed E-state index contributed by atoms with van der Waals surface area (Å²) in [6.45, 7) is 2.94. The van der Waals surface area contributed by atoms with E-state index in [1.807, 2.05) is 6.07 Å². The number of unbranched alkanes of at least 4 members (excludes halogenated alkanes) is 5. The van der Waals surface area contributed by atoms with E-state index in [4.69, 9.17) is 0 Å². The molecule has 3 nitrogen and oxygen atoms in total. The molecule has 4 heteroatoms. The highest BCUT2D eigenvalue weighted by Gasteiger charge is 2.09. The lowest BCUT2D eigenvalue weighted by Gasteiger charge is -2.05. The number of pyridine rings is 1. The van der Waals surface area contributed by atoms with Crippen molar-refractivity contribution in [3.05, 3.63) is 28.5 Å². The summed E-state index contributed by atoms with van der Waals surface area (Å²) in [7, 11) is 0. The van der Waals surface area contributed by atoms with E-state index in [2.05, 4.69) is 33.2 Å². The number of nitrogens with zero attached hydrogens (tertiary/aromatic N) is 1. The molecule has 0 saturated heterocycles. The molecule has 0 bridgehead atoms. The van der Waals surface area contributed by atoms with Gasteiger partial charge in [0.2, 0.25) is 0 Å². The van der Waals surface area contributed by atoms with E-state index >= 15 is 0 Å². The lowest BCUT2D eigenvalue weighted by atomic mass is 10.1. The molecule has 0 aliphatic carbocycles. The highest BCUT2D eigenvalue weighted by atomic mass is 79.9. The Labute approximate surface area is 118 Å². The number of carbonyl (C=O) groups is 1. The smallest absolute Gasteiger partial charge is 0.271 e. The van der Waals surface area contributed by atoms with Gasteiger partial charge in [0.1, 0.15) is 5.69 Å². The van der Waals surface area contributed by atoms with E-state index in [1.165, 1.54) is 32.1 Å². The van der Waals surface area contributed by atoms with Gasteiger partial charge in [-0.1, -0.05) is 39.0 Å². The molecule has 0 aliphatic rings. The molecule has 100 valence electrons. The lowest BCUT2D eigenvalue weighted by molar-refractivity contribution is 0.0947. The molecule has 0 radical (unpaired) electrons. The van der Waals surface area contributed by atoms with Crippen LogP contribution in [0.1, 0.15) is 55.9 Å². The Morgan fingerprint density at radius 2 is 2.00 bits per heavy atom. The minimum absolute atomic E-state index is 0.101. The summed E-state index contributed by atoms with van der Waals surface area (Å²) in [4.78, 5) is 15.9. The number of nitrogens with one attached hydrogen (secondary N) is 1. The monoisotopic (exact) mass is 312 g/mol. The second-order valence-corrected chi connectivity index (χ2v) is 5.21. The zero-order valence-electron chi connectivity index (χ0n) is 10.9. The minimum atomic E-state index is -0.101. The van der Waals surface area contributed by atoms with Crippen LogP contribution in [-0.4, -0.2) is 17.4 Å². The average molecular weight is 313 g/mol. The third-order valence-electron chi connectivity index (χ3n) is 2.79. The molecule has 0 aromatic carbocycles. The lowest BCUT2D eigenvalue weighted by Crippen LogP contribution is -2.25. The fraction of sp³-hybridized carbons (Fsp3) is 0.571. The molecular weight excluding hydrogens is 292 g/mol. The molecule has 1 heterocycles. The largest absolute Gasteiger partial charge is 0.351 e. The van der Waals surface area contributed by atoms with Gasteiger partial charge < -0.3 is 5.32 Å². The number of hydrogen-bond donors (Lipinski definition) is 1. The van der Waals surface area contributed by atoms with Crippen molar-refractivity contribution in [3.8, 4) is 0 Å². The molecule has 1 N–H and O–H groups in total. The van der Waals surface area contributed by atoms with Gasteiger partial charge in [0.15, 0.2) is 0 Å². The van der Waals surface area contributed by atoms with Crippen LogP contribution in [0.3, 0.4) is 0 Å². The highest BCUT2D eigenvalue weighted by molar-refractivity contribution is 9.10. The van der Waals surface area contributed by atoms with Crippen LogP contribution < -0.4 is 5.32 Å². The maximum Gasteiger partial charge on any atom is 0.271 e. The molecule has 1 aromatic rings. The van der Waals surface area contributed by atoms with Crippen LogP contribution in [0.15, 0.2) is 22.8 Å². The summed E-state index contributed by atoms with van der Waals surface area (Å²) in [5.41, 5.74) is 0.462. The molecule has 0 saturated carbocycles. The number of aromatic nitrogens is 1. The summed E-state index contributed by atoms with van der Waals surface area (Å²) in [5, 5.41) is 2.90. The number of amides is 1. The Bertz CT molecular complexity index is 369. The van der Waals surface area contributed by atoms with E-state index in [0.29, 0.717) is 5.69 Å². The van der Waals surface area contributed by atoms with Crippen molar-refractivity contribution in [1.29, 1.82) is 0 Å². The van der Waals surface area contributed by atoms with Crippen molar-refractivity contribution in [2.75, 3.05) is 6.54 Å². The summed E-state index contributed by atoms with van der Waals surface area (Å²) in [6.07, 6.45) is 9.00. The van der Waals surface area contributed by atoms with Gasteiger partial charge in [-0.3, -0.25) is 4.79 Å². The molecule has 0 aliphatic heterocycles. The van der Waals surface area contributed by atoms with Gasteiger partial charge in [0, 0.05) is 17.2 Å². The van der Waals surface area contributed by atoms with E-state index < -0.39 is 0 Å². The fourth-order valence-electron chi connectivity index (χ4n) is 1.74. The molecular formula is C14H21BrN2O. The van der Waals surface area contributed by atoms with Gasteiger partial charge in [-0.25, -0.2) is 4.98 Å². The standard InChI is InChI=1S/C14H21BrN2O/c1-2-3-4-5-6-7-10-17-14(18)13-12(15)9-8-11-16-13/h8-9,11H,2-7,10H2,1H3,(H,17,18). The Balaban J connectivity index is 2.16. The molecule has 0 spiro atoms. The molecule has 1 rings (SSSR count). The molecule has 18 heavy (non-hydrogen) atoms. The normalized spacial score (nSPS) is 10.3. The molecule has 0 atom stereocenters. The van der Waals surface area contributed by atoms with Gasteiger partial charge in [-0.15, -0.1) is 0 Å². The van der Waals surface area contributed by atoms with E-state index in [9.17, 15) is 4.79 Å². The third-order valence-corrected chi connectivity index (χ3v) is 3.43. The van der Waals surface area contributed by atoms with Crippen molar-refractivity contribution in [2.24, 2.45) is 0 Å². The van der Waals surface area contributed by atoms with E-state index in [0.717, 1.165) is 17.4 Å². The summed E-state index contributed by atoms with van der Waals surface area (Å²) in [5.74, 6) is -0.101. The van der Waals surface area contributed by atoms with Crippen molar-refractivity contribution >= 4 is 21.8 Å². The second kappa shape index (κ2) is 9.09. The van der Waals surface area contributed by atoms with Gasteiger partial charge >= 0.3 is 0 Å². The average Bonchev–Trinajstić information content (AvgIpc) is 2.38. The van der Waals surface area contributed by atoms with Crippen molar-refractivity contribution in [1.82, 2.24) is 10.3 Å². The second-order valence-electron chi connectivity index (χ2n) is 4.36. The van der Waals surface area contributed by atoms with Crippen LogP contribution in [-0.2, 0) is 0 Å². The number of rotatable bonds is 8. The first kappa shape index (κ1) is 15.2. The van der Waals surface area contributed by atoms with Crippen molar-refractivity contribution in [3.63, 3.8) is 0 Å². The molecule has 0 fully saturated rings. The van der Waals surface area contributed by atoms with Gasteiger partial charge in [0.25, 0.3) is 5.91 Å². The number of hydrogen-bond acceptors (Lipinski definition) is 2. The van der Waals surface area contributed by atoms with E-state index in [-0.39, 0.29) is 5.91 Å². The maximum absolute atomic E-state index is 11.8. The van der Waals surface area contributed by atoms with Crippen LogP contribution in [0.2, 0.25) is 0 Å². The number of carbonyl (C=O) groups excluding carboxylic acids is 1. The Morgan fingerprint density at radius 3 is 2.72 bits per heavy atom. The van der Waals surface area contributed by atoms with E-state index in [1.54, 1.807) is 12.3 Å². The van der Waals surface area contributed by atoms with Gasteiger partial charge in [0.05, 0.1) is 0 Å². The summed E-state index contributed by atoms with van der Waals surface area (Å²) >= 11 is 3.32. The minimum Gasteiger partial charge on any atom is -0.351 e. The number of halogens is 1. The SMILES string of the molecule is CCCCCCCCNC(=O)c1ncccc1Br. The first-order valence-corrected chi connectivity index (χ1v) is 7.43. The van der Waals surface area contributed by atoms with Gasteiger partial charge in [-0.2, -0.15) is 0 Å². The fourth-order valence-corrected chi connectivity index (χ4v) is 2.18. The third kappa shape index (κ3) is 5.63. The van der Waals surface area contributed by atoms with Gasteiger partial charge in [-0.05, 0) is 34.5 Å². The van der Waals surface area contributed by atoms with Crippen LogP contribution in [0.4, 0.5) is 0 Å². The summed E-state index contributed by atoms with van der Waals surface area (Å²) < 4.78 is 0.741. The molecule has 1 aromatic heterocycles. The first-order valence-electron chi connectivity index (χ1n) is 6.64. The predicted octanol–water partition coefficient (Wildman–Crippen LogP) is 3.93. The topological polar surface area (TPSA) is 42.0 Å². The van der Waals surface area contributed by atoms with Crippen molar-refractivity contribution in [2.45, 2.75) is 45.4 Å². The summed E-state index contributed by atoms with van der Waals surface area (Å²) in [6, 6.07) is 3.63. The van der Waals surface area contributed by atoms with Crippen LogP contribution in [0.25, 0.3) is 0 Å². The zero-order valence-corrected chi connectivity index (χ0v) is 12.5. The van der Waals surface area contributed by atoms with Crippen molar-refractivity contribution < 1.29 is 4.79 Å². The Hall–Kier alpha value is -0.900.